The topological polar surface area (TPSA) is 89.5 Å². The van der Waals surface area contributed by atoms with Gasteiger partial charge in [-0.25, -0.2) is 13.2 Å². The van der Waals surface area contributed by atoms with E-state index in [4.69, 9.17) is 0 Å². The first kappa shape index (κ1) is 16.8. The van der Waals surface area contributed by atoms with Gasteiger partial charge in [-0.2, -0.15) is 0 Å². The number of carbonyl (C=O) groups is 2. The molecular formula is C14H17NO5S2. The fourth-order valence-corrected chi connectivity index (χ4v) is 5.60. The molecule has 1 N–H and O–H groups in total. The first-order valence-electron chi connectivity index (χ1n) is 6.70. The van der Waals surface area contributed by atoms with E-state index in [1.165, 1.54) is 18.9 Å². The van der Waals surface area contributed by atoms with Gasteiger partial charge in [0.1, 0.15) is 0 Å². The number of anilines is 1. The molecule has 0 unspecified atom stereocenters. The maximum Gasteiger partial charge on any atom is 0.339 e. The number of nitrogens with one attached hydrogen (secondary N) is 1. The summed E-state index contributed by atoms with van der Waals surface area (Å²) in [6, 6.07) is 6.58. The van der Waals surface area contributed by atoms with Crippen molar-refractivity contribution in [1.82, 2.24) is 0 Å². The Balaban J connectivity index is 1.91. The lowest BCUT2D eigenvalue weighted by Gasteiger charge is -2.11. The Hall–Kier alpha value is -1.54. The average Bonchev–Trinajstić information content (AvgIpc) is 2.84. The van der Waals surface area contributed by atoms with Crippen molar-refractivity contribution >= 4 is 39.2 Å². The van der Waals surface area contributed by atoms with Gasteiger partial charge in [0.25, 0.3) is 0 Å². The van der Waals surface area contributed by atoms with Crippen LogP contribution < -0.4 is 5.32 Å². The van der Waals surface area contributed by atoms with E-state index in [2.05, 4.69) is 10.1 Å². The van der Waals surface area contributed by atoms with Crippen LogP contribution in [0.2, 0.25) is 0 Å². The Labute approximate surface area is 133 Å². The number of benzene rings is 1. The summed E-state index contributed by atoms with van der Waals surface area (Å²) < 4.78 is 27.4. The van der Waals surface area contributed by atoms with Crippen LogP contribution in [0.1, 0.15) is 16.8 Å². The fourth-order valence-electron chi connectivity index (χ4n) is 2.15. The molecule has 0 radical (unpaired) electrons. The second kappa shape index (κ2) is 7.15. The molecule has 1 fully saturated rings. The first-order chi connectivity index (χ1) is 10.4. The highest BCUT2D eigenvalue weighted by Crippen LogP contribution is 2.24. The molecule has 1 amide bonds. The lowest BCUT2D eigenvalue weighted by Crippen LogP contribution is -2.19. The number of hydrogen-bond acceptors (Lipinski definition) is 6. The predicted molar refractivity (Wildman–Crippen MR) is 85.9 cm³/mol. The third-order valence-electron chi connectivity index (χ3n) is 3.25. The van der Waals surface area contributed by atoms with E-state index in [-0.39, 0.29) is 34.0 Å². The van der Waals surface area contributed by atoms with Gasteiger partial charge in [0.2, 0.25) is 5.91 Å². The van der Waals surface area contributed by atoms with Gasteiger partial charge < -0.3 is 10.1 Å². The lowest BCUT2D eigenvalue weighted by molar-refractivity contribution is -0.113. The number of para-hydroxylation sites is 1. The maximum absolute atomic E-state index is 12.0. The first-order valence-corrected chi connectivity index (χ1v) is 9.57. The smallest absolute Gasteiger partial charge is 0.339 e. The zero-order valence-electron chi connectivity index (χ0n) is 12.1. The van der Waals surface area contributed by atoms with Crippen LogP contribution in [0, 0.1) is 0 Å². The third kappa shape index (κ3) is 4.48. The molecule has 0 aromatic heterocycles. The van der Waals surface area contributed by atoms with Gasteiger partial charge >= 0.3 is 5.97 Å². The van der Waals surface area contributed by atoms with Crippen molar-refractivity contribution in [2.75, 3.05) is 29.7 Å². The van der Waals surface area contributed by atoms with Gasteiger partial charge in [0.15, 0.2) is 9.84 Å². The van der Waals surface area contributed by atoms with Crippen molar-refractivity contribution < 1.29 is 22.7 Å². The minimum atomic E-state index is -2.94. The van der Waals surface area contributed by atoms with E-state index in [1.54, 1.807) is 24.3 Å². The largest absolute Gasteiger partial charge is 0.465 e. The summed E-state index contributed by atoms with van der Waals surface area (Å²) >= 11 is 1.33. The zero-order chi connectivity index (χ0) is 16.2. The quantitative estimate of drug-likeness (QED) is 0.811. The molecule has 0 aliphatic carbocycles. The lowest BCUT2D eigenvalue weighted by atomic mass is 10.2. The van der Waals surface area contributed by atoms with Crippen LogP contribution in [0.3, 0.4) is 0 Å². The van der Waals surface area contributed by atoms with Crippen LogP contribution in [-0.2, 0) is 19.4 Å². The number of carbonyl (C=O) groups excluding carboxylic acids is 2. The van der Waals surface area contributed by atoms with Crippen molar-refractivity contribution in [2.24, 2.45) is 0 Å². The van der Waals surface area contributed by atoms with Crippen LogP contribution in [0.4, 0.5) is 5.69 Å². The predicted octanol–water partition coefficient (Wildman–Crippen LogP) is 1.33. The average molecular weight is 343 g/mol. The molecule has 0 bridgehead atoms. The molecule has 0 saturated carbocycles. The van der Waals surface area contributed by atoms with Gasteiger partial charge in [-0.1, -0.05) is 12.1 Å². The summed E-state index contributed by atoms with van der Waals surface area (Å²) in [6.45, 7) is 0. The summed E-state index contributed by atoms with van der Waals surface area (Å²) in [5.74, 6) is -0.326. The monoisotopic (exact) mass is 343 g/mol. The molecule has 120 valence electrons. The molecule has 2 rings (SSSR count). The fraction of sp³-hybridized carbons (Fsp3) is 0.429. The minimum absolute atomic E-state index is 0.0356. The highest BCUT2D eigenvalue weighted by Gasteiger charge is 2.28. The molecule has 22 heavy (non-hydrogen) atoms. The molecule has 0 spiro atoms. The highest BCUT2D eigenvalue weighted by molar-refractivity contribution is 8.02. The molecule has 1 aliphatic rings. The summed E-state index contributed by atoms with van der Waals surface area (Å²) in [6.07, 6.45) is 0.582. The Morgan fingerprint density at radius 2 is 2.09 bits per heavy atom. The van der Waals surface area contributed by atoms with Crippen LogP contribution in [-0.4, -0.2) is 49.9 Å². The Bertz CT molecular complexity index is 672. The number of rotatable bonds is 5. The number of esters is 1. The van der Waals surface area contributed by atoms with Crippen molar-refractivity contribution in [2.45, 2.75) is 11.7 Å². The summed E-state index contributed by atoms with van der Waals surface area (Å²) in [5, 5.41) is 2.62. The molecule has 1 aromatic rings. The van der Waals surface area contributed by atoms with E-state index in [0.717, 1.165) is 0 Å². The number of hydrogen-bond donors (Lipinski definition) is 1. The second-order valence-corrected chi connectivity index (χ2v) is 8.44. The summed E-state index contributed by atoms with van der Waals surface area (Å²) in [4.78, 5) is 23.6. The van der Waals surface area contributed by atoms with Gasteiger partial charge in [-0.05, 0) is 18.6 Å². The van der Waals surface area contributed by atoms with Crippen molar-refractivity contribution in [3.63, 3.8) is 0 Å². The van der Waals surface area contributed by atoms with Crippen LogP contribution in [0.15, 0.2) is 24.3 Å². The van der Waals surface area contributed by atoms with Crippen LogP contribution >= 0.6 is 11.8 Å². The number of ether oxygens (including phenoxy) is 1. The van der Waals surface area contributed by atoms with Crippen LogP contribution in [0.25, 0.3) is 0 Å². The molecule has 1 saturated heterocycles. The number of sulfone groups is 1. The van der Waals surface area contributed by atoms with Crippen molar-refractivity contribution in [3.05, 3.63) is 29.8 Å². The zero-order valence-corrected chi connectivity index (χ0v) is 13.7. The Kier molecular flexibility index (Phi) is 5.47. The molecular weight excluding hydrogens is 326 g/mol. The van der Waals surface area contributed by atoms with E-state index < -0.39 is 15.8 Å². The van der Waals surface area contributed by atoms with Crippen molar-refractivity contribution in [3.8, 4) is 0 Å². The van der Waals surface area contributed by atoms with Gasteiger partial charge in [-0.15, -0.1) is 11.8 Å². The van der Waals surface area contributed by atoms with Crippen LogP contribution in [0.5, 0.6) is 0 Å². The Morgan fingerprint density at radius 3 is 2.73 bits per heavy atom. The van der Waals surface area contributed by atoms with E-state index in [0.29, 0.717) is 12.1 Å². The molecule has 6 nitrogen and oxygen atoms in total. The van der Waals surface area contributed by atoms with E-state index >= 15 is 0 Å². The number of methoxy groups -OCH3 is 1. The molecule has 1 atom stereocenters. The highest BCUT2D eigenvalue weighted by atomic mass is 32.2. The maximum atomic E-state index is 12.0. The molecule has 1 aromatic carbocycles. The van der Waals surface area contributed by atoms with Gasteiger partial charge in [-0.3, -0.25) is 4.79 Å². The van der Waals surface area contributed by atoms with Gasteiger partial charge in [0, 0.05) is 5.25 Å². The molecule has 1 aliphatic heterocycles. The molecule has 8 heteroatoms. The molecule has 1 heterocycles. The van der Waals surface area contributed by atoms with E-state index in [1.807, 2.05) is 0 Å². The minimum Gasteiger partial charge on any atom is -0.465 e. The number of thioether (sulfide) groups is 1. The van der Waals surface area contributed by atoms with E-state index in [9.17, 15) is 18.0 Å². The van der Waals surface area contributed by atoms with Crippen molar-refractivity contribution in [1.29, 1.82) is 0 Å². The summed E-state index contributed by atoms with van der Waals surface area (Å²) in [5.41, 5.74) is 0.672. The SMILES string of the molecule is COC(=O)c1ccccc1NC(=O)CS[C@@H]1CCS(=O)(=O)C1. The third-order valence-corrected chi connectivity index (χ3v) is 6.53. The van der Waals surface area contributed by atoms with Gasteiger partial charge in [0.05, 0.1) is 35.6 Å². The second-order valence-electron chi connectivity index (χ2n) is 4.92. The summed E-state index contributed by atoms with van der Waals surface area (Å²) in [7, 11) is -1.66. The number of amides is 1. The standard InChI is InChI=1S/C14H17NO5S2/c1-20-14(17)11-4-2-3-5-12(11)15-13(16)8-21-10-6-7-22(18,19)9-10/h2-5,10H,6-9H2,1H3,(H,15,16)/t10-/m1/s1. The normalized spacial score (nSPS) is 19.6. The Morgan fingerprint density at radius 1 is 1.36 bits per heavy atom.